The Kier molecular flexibility index (Phi) is 49.2. The predicted octanol–water partition coefficient (Wildman–Crippen LogP) is 24.0. The number of nitrogens with zero attached hydrogens (tertiary/aromatic N) is 5. The number of hydrogen-bond donors (Lipinski definition) is 3. The number of thiophene rings is 3. The Hall–Kier alpha value is -8.30. The number of thiazole rings is 1. The first-order chi connectivity index (χ1) is 51.5. The molecule has 16 aromatic rings. The third kappa shape index (κ3) is 35.4. The third-order valence-corrected chi connectivity index (χ3v) is 18.0. The zero-order valence-electron chi connectivity index (χ0n) is 61.3. The molecule has 583 valence electrons. The van der Waals surface area contributed by atoms with Gasteiger partial charge in [-0.15, -0.1) is 166 Å². The number of hydrogen-bond acceptors (Lipinski definition) is 15. The molecular formula is C91H74Ir5N5O6PtS4-5. The number of rotatable bonds is 9. The number of para-hydroxylation sites is 1. The van der Waals surface area contributed by atoms with Crippen LogP contribution in [0.5, 0.6) is 0 Å². The minimum Gasteiger partial charge on any atom is -0.512 e. The Labute approximate surface area is 753 Å². The number of pyridine rings is 4. The van der Waals surface area contributed by atoms with Crippen LogP contribution in [0.25, 0.3) is 106 Å². The van der Waals surface area contributed by atoms with E-state index in [2.05, 4.69) is 134 Å². The molecule has 0 fully saturated rings. The van der Waals surface area contributed by atoms with E-state index in [-0.39, 0.29) is 156 Å². The summed E-state index contributed by atoms with van der Waals surface area (Å²) in [6, 6.07) is 107. The second kappa shape index (κ2) is 55.2. The number of allylic oxidation sites excluding steroid dienone is 6. The SMILES string of the molecule is CC(=O)C=C(C)O.CC(=O)C=C(C)O.CC(=O)C=C(C)O.Cc1ccc(-c2[c-]c3ccccc3s2)nc1.[Ir].[Ir].[Ir].[Ir].[Ir].[Pt+2].[c-]1c(-c2ccccn2)sc2ccccc12.[c-]1ccccc1-c1[c-]ccs1.[c-]1ccccc1-c1ccccn1.[c-]1ccccc1-c1nc2ccccc2s1.[c-]1ccccc1-c1nccc2ccccc12. The van der Waals surface area contributed by atoms with Crippen LogP contribution < -0.4 is 0 Å². The largest absolute Gasteiger partial charge is 2.00 e. The molecule has 3 N–H and O–H groups in total. The Morgan fingerprint density at radius 2 is 0.812 bits per heavy atom. The molecule has 0 amide bonds. The molecule has 112 heavy (non-hydrogen) atoms. The van der Waals surface area contributed by atoms with E-state index >= 15 is 0 Å². The smallest absolute Gasteiger partial charge is 0.512 e. The summed E-state index contributed by atoms with van der Waals surface area (Å²) in [4.78, 5) is 55.4. The Bertz CT molecular complexity index is 5110. The summed E-state index contributed by atoms with van der Waals surface area (Å²) >= 11 is 6.87. The van der Waals surface area contributed by atoms with Crippen molar-refractivity contribution in [3.63, 3.8) is 0 Å². The number of carbonyl (C=O) groups is 3. The van der Waals surface area contributed by atoms with E-state index in [1.807, 2.05) is 219 Å². The number of fused-ring (bicyclic) bond motifs is 4. The van der Waals surface area contributed by atoms with Gasteiger partial charge in [0.05, 0.1) is 22.8 Å². The molecule has 8 aromatic heterocycles. The van der Waals surface area contributed by atoms with Gasteiger partial charge in [-0.1, -0.05) is 97.1 Å². The number of aliphatic hydroxyl groups excluding tert-OH is 3. The number of ketones is 3. The van der Waals surface area contributed by atoms with Crippen LogP contribution in [0.15, 0.2) is 320 Å². The number of benzene rings is 8. The first kappa shape index (κ1) is 99.8. The van der Waals surface area contributed by atoms with Crippen LogP contribution in [0.1, 0.15) is 47.1 Å². The molecule has 5 radical (unpaired) electrons. The van der Waals surface area contributed by atoms with Crippen LogP contribution in [0, 0.1) is 49.4 Å². The summed E-state index contributed by atoms with van der Waals surface area (Å²) < 4.78 is 3.75. The summed E-state index contributed by atoms with van der Waals surface area (Å²) in [6.45, 7) is 10.6. The minimum atomic E-state index is -0.125. The fraction of sp³-hybridized carbons (Fsp3) is 0.0769. The monoisotopic (exact) mass is 2620 g/mol. The molecule has 16 rings (SSSR count). The molecule has 8 heterocycles. The average molecular weight is 2620 g/mol. The zero-order chi connectivity index (χ0) is 75.3. The number of aryl methyl sites for hydroxylation is 1. The average Bonchev–Trinajstić information content (AvgIpc) is 1.73. The summed E-state index contributed by atoms with van der Waals surface area (Å²) in [6.07, 6.45) is 10.8. The molecule has 0 aliphatic carbocycles. The fourth-order valence-electron chi connectivity index (χ4n) is 9.43. The second-order valence-electron chi connectivity index (χ2n) is 22.8. The van der Waals surface area contributed by atoms with E-state index in [0.29, 0.717) is 0 Å². The molecule has 8 aromatic carbocycles. The first-order valence-corrected chi connectivity index (χ1v) is 36.5. The molecule has 0 atom stereocenters. The quantitative estimate of drug-likeness (QED) is 0.0712. The first-order valence-electron chi connectivity index (χ1n) is 33.2. The van der Waals surface area contributed by atoms with Gasteiger partial charge in [-0.05, 0) is 126 Å². The Morgan fingerprint density at radius 3 is 1.24 bits per heavy atom. The van der Waals surface area contributed by atoms with Gasteiger partial charge in [0.25, 0.3) is 0 Å². The van der Waals surface area contributed by atoms with Crippen LogP contribution >= 0.6 is 45.3 Å². The van der Waals surface area contributed by atoms with Crippen molar-refractivity contribution in [1.82, 2.24) is 24.9 Å². The summed E-state index contributed by atoms with van der Waals surface area (Å²) in [5.41, 5.74) is 10.5. The number of aromatic nitrogens is 5. The van der Waals surface area contributed by atoms with Crippen molar-refractivity contribution >= 4 is 104 Å². The topological polar surface area (TPSA) is 176 Å². The van der Waals surface area contributed by atoms with Gasteiger partial charge in [0.1, 0.15) is 0 Å². The van der Waals surface area contributed by atoms with Crippen molar-refractivity contribution in [1.29, 1.82) is 0 Å². The second-order valence-corrected chi connectivity index (χ2v) is 26.9. The molecule has 0 saturated heterocycles. The van der Waals surface area contributed by atoms with E-state index in [0.717, 1.165) is 70.2 Å². The van der Waals surface area contributed by atoms with Crippen LogP contribution in [-0.2, 0) is 136 Å². The van der Waals surface area contributed by atoms with Crippen LogP contribution in [0.2, 0.25) is 0 Å². The van der Waals surface area contributed by atoms with Gasteiger partial charge in [0, 0.05) is 165 Å². The summed E-state index contributed by atoms with van der Waals surface area (Å²) in [5.74, 6) is -0.187. The van der Waals surface area contributed by atoms with Crippen LogP contribution in [-0.4, -0.2) is 57.6 Å². The molecule has 11 nitrogen and oxygen atoms in total. The normalized spacial score (nSPS) is 10.0. The van der Waals surface area contributed by atoms with Crippen molar-refractivity contribution in [3.05, 3.63) is 368 Å². The molecular weight excluding hydrogens is 2540 g/mol. The minimum absolute atomic E-state index is 0. The van der Waals surface area contributed by atoms with Crippen molar-refractivity contribution < 1.29 is 151 Å². The van der Waals surface area contributed by atoms with Crippen molar-refractivity contribution in [3.8, 4) is 64.7 Å². The molecule has 0 spiro atoms. The summed E-state index contributed by atoms with van der Waals surface area (Å²) in [5, 5.41) is 32.9. The van der Waals surface area contributed by atoms with E-state index in [9.17, 15) is 14.4 Å². The van der Waals surface area contributed by atoms with Gasteiger partial charge in [0.2, 0.25) is 0 Å². The van der Waals surface area contributed by atoms with Crippen LogP contribution in [0.3, 0.4) is 0 Å². The van der Waals surface area contributed by atoms with Gasteiger partial charge < -0.3 is 35.3 Å². The van der Waals surface area contributed by atoms with Gasteiger partial charge in [-0.3, -0.25) is 30.7 Å². The molecule has 0 saturated carbocycles. The maximum atomic E-state index is 10.0. The van der Waals surface area contributed by atoms with E-state index in [1.165, 1.54) is 101 Å². The summed E-state index contributed by atoms with van der Waals surface area (Å²) in [7, 11) is 0. The maximum Gasteiger partial charge on any atom is 2.00 e. The molecule has 0 aliphatic heterocycles. The predicted molar refractivity (Wildman–Crippen MR) is 440 cm³/mol. The van der Waals surface area contributed by atoms with Crippen LogP contribution in [0.4, 0.5) is 0 Å². The standard InChI is InChI=1S/C15H10N.C14H10NS.2C13H8NS.C11H8N.C10H6S.3C5H8O2.5Ir.Pt/c1-2-7-13(8-3-1)15-14-9-5-4-6-12(14)10-11-16-15;1-10-6-7-12(15-9-10)14-8-11-4-2-3-5-13(11)16-14;1-2-7-12-10(5-1)9-13(15-12)11-6-3-4-8-14-11;1-2-6-10(7-3-1)13-14-11-8-4-5-9-12(11)15-13;1-2-6-10(7-3-1)11-8-4-5-9-12-11;1-2-5-9(6-3-1)10-7-4-8-11-10;3*1-4(6)3-5(2)7;;;;;;/h1-7,9-11H;2-7,9H,1H3;1-8H;1-6,8-9H;1-6,8-9H;1-5,8H;3*3,6H,1-2H3;;;;;;/q5*-1;-2;;;;;;;;;+2. The number of aliphatic hydroxyl groups is 3. The van der Waals surface area contributed by atoms with Gasteiger partial charge in [-0.25, -0.2) is 40.4 Å². The fourth-order valence-corrected chi connectivity index (χ4v) is 13.0. The molecule has 0 unspecified atom stereocenters. The molecule has 0 aliphatic rings. The van der Waals surface area contributed by atoms with Crippen molar-refractivity contribution in [2.24, 2.45) is 0 Å². The maximum absolute atomic E-state index is 10.0. The van der Waals surface area contributed by atoms with Gasteiger partial charge >= 0.3 is 21.1 Å². The van der Waals surface area contributed by atoms with Gasteiger partial charge in [-0.2, -0.15) is 40.5 Å². The number of carbonyl (C=O) groups excluding carboxylic acids is 3. The Balaban J connectivity index is 0.000000432. The third-order valence-electron chi connectivity index (χ3n) is 13.9. The van der Waals surface area contributed by atoms with Gasteiger partial charge in [0.15, 0.2) is 17.3 Å². The molecule has 0 bridgehead atoms. The molecule has 21 heteroatoms. The van der Waals surface area contributed by atoms with Crippen molar-refractivity contribution in [2.45, 2.75) is 48.5 Å². The van der Waals surface area contributed by atoms with Crippen molar-refractivity contribution in [2.75, 3.05) is 0 Å². The Morgan fingerprint density at radius 1 is 0.375 bits per heavy atom. The van der Waals surface area contributed by atoms with E-state index < -0.39 is 0 Å². The zero-order valence-corrected chi connectivity index (χ0v) is 78.8. The van der Waals surface area contributed by atoms with E-state index in [1.54, 1.807) is 51.5 Å². The van der Waals surface area contributed by atoms with E-state index in [4.69, 9.17) is 15.3 Å².